The van der Waals surface area contributed by atoms with Crippen molar-refractivity contribution in [2.24, 2.45) is 0 Å². The number of hydrogen-bond donors (Lipinski definition) is 1. The second-order valence-electron chi connectivity index (χ2n) is 6.57. The smallest absolute Gasteiger partial charge is 0.266 e. The Morgan fingerprint density at radius 2 is 1.87 bits per heavy atom. The van der Waals surface area contributed by atoms with Crippen molar-refractivity contribution in [3.63, 3.8) is 0 Å². The zero-order valence-corrected chi connectivity index (χ0v) is 18.1. The highest BCUT2D eigenvalue weighted by molar-refractivity contribution is 7.99. The average molecular weight is 452 g/mol. The Morgan fingerprint density at radius 3 is 2.68 bits per heavy atom. The van der Waals surface area contributed by atoms with Gasteiger partial charge in [-0.05, 0) is 42.5 Å². The maximum Gasteiger partial charge on any atom is 0.266 e. The van der Waals surface area contributed by atoms with Gasteiger partial charge in [0.05, 0.1) is 35.1 Å². The van der Waals surface area contributed by atoms with Crippen molar-refractivity contribution in [1.82, 2.24) is 9.55 Å². The molecule has 4 rings (SSSR count). The van der Waals surface area contributed by atoms with E-state index in [4.69, 9.17) is 16.3 Å². The monoisotopic (exact) mass is 451 g/mol. The number of anilines is 1. The number of para-hydroxylation sites is 3. The third-order valence-electron chi connectivity index (χ3n) is 4.52. The van der Waals surface area contributed by atoms with E-state index in [1.807, 2.05) is 18.2 Å². The van der Waals surface area contributed by atoms with Crippen LogP contribution in [0.3, 0.4) is 0 Å². The van der Waals surface area contributed by atoms with Crippen molar-refractivity contribution in [2.75, 3.05) is 18.2 Å². The van der Waals surface area contributed by atoms with Gasteiger partial charge in [0.1, 0.15) is 5.75 Å². The van der Waals surface area contributed by atoms with Gasteiger partial charge < -0.3 is 10.1 Å². The number of nitrogens with zero attached hydrogens (tertiary/aromatic N) is 2. The van der Waals surface area contributed by atoms with Crippen LogP contribution in [0.5, 0.6) is 5.75 Å². The van der Waals surface area contributed by atoms with E-state index in [1.54, 1.807) is 61.7 Å². The molecule has 0 radical (unpaired) electrons. The highest BCUT2D eigenvalue weighted by Gasteiger charge is 2.15. The number of benzene rings is 3. The molecule has 1 heterocycles. The van der Waals surface area contributed by atoms with Gasteiger partial charge in [-0.2, -0.15) is 0 Å². The van der Waals surface area contributed by atoms with Crippen molar-refractivity contribution in [2.45, 2.75) is 5.16 Å². The Kier molecular flexibility index (Phi) is 6.25. The van der Waals surface area contributed by atoms with Crippen LogP contribution in [0.4, 0.5) is 5.69 Å². The zero-order chi connectivity index (χ0) is 21.8. The number of nitrogens with one attached hydrogen (secondary N) is 1. The summed E-state index contributed by atoms with van der Waals surface area (Å²) >= 11 is 7.32. The van der Waals surface area contributed by atoms with Gasteiger partial charge in [0.15, 0.2) is 5.16 Å². The van der Waals surface area contributed by atoms with Crippen LogP contribution < -0.4 is 15.6 Å². The van der Waals surface area contributed by atoms with Gasteiger partial charge in [-0.25, -0.2) is 4.98 Å². The first-order valence-electron chi connectivity index (χ1n) is 9.40. The second-order valence-corrected chi connectivity index (χ2v) is 7.95. The number of halogens is 1. The number of methoxy groups -OCH3 is 1. The largest absolute Gasteiger partial charge is 0.495 e. The molecule has 31 heavy (non-hydrogen) atoms. The molecule has 156 valence electrons. The highest BCUT2D eigenvalue weighted by atomic mass is 35.5. The molecule has 8 heteroatoms. The number of thioether (sulfide) groups is 1. The summed E-state index contributed by atoms with van der Waals surface area (Å²) in [5, 5.41) is 4.23. The molecule has 0 bridgehead atoms. The summed E-state index contributed by atoms with van der Waals surface area (Å²) in [5.74, 6) is 0.388. The molecule has 1 aromatic heterocycles. The van der Waals surface area contributed by atoms with Gasteiger partial charge in [-0.1, -0.05) is 53.7 Å². The van der Waals surface area contributed by atoms with Gasteiger partial charge >= 0.3 is 0 Å². The molecule has 0 spiro atoms. The third-order valence-corrected chi connectivity index (χ3v) is 5.70. The summed E-state index contributed by atoms with van der Waals surface area (Å²) < 4.78 is 6.75. The summed E-state index contributed by atoms with van der Waals surface area (Å²) in [6.07, 6.45) is 0. The summed E-state index contributed by atoms with van der Waals surface area (Å²) in [5.41, 5.74) is 1.51. The topological polar surface area (TPSA) is 73.2 Å². The first-order chi connectivity index (χ1) is 15.1. The Morgan fingerprint density at radius 1 is 1.10 bits per heavy atom. The number of aromatic nitrogens is 2. The number of carbonyl (C=O) groups is 1. The second kappa shape index (κ2) is 9.24. The van der Waals surface area contributed by atoms with Crippen LogP contribution in [-0.2, 0) is 4.79 Å². The summed E-state index contributed by atoms with van der Waals surface area (Å²) in [6, 6.07) is 21.3. The minimum absolute atomic E-state index is 0.0589. The van der Waals surface area contributed by atoms with Crippen molar-refractivity contribution < 1.29 is 9.53 Å². The summed E-state index contributed by atoms with van der Waals surface area (Å²) in [4.78, 5) is 30.4. The molecule has 0 aliphatic carbocycles. The minimum Gasteiger partial charge on any atom is -0.495 e. The van der Waals surface area contributed by atoms with Crippen LogP contribution >= 0.6 is 23.4 Å². The van der Waals surface area contributed by atoms with Crippen LogP contribution in [0, 0.1) is 0 Å². The lowest BCUT2D eigenvalue weighted by Gasteiger charge is -2.14. The number of ether oxygens (including phenoxy) is 1. The molecule has 1 N–H and O–H groups in total. The Balaban J connectivity index is 1.67. The molecule has 4 aromatic rings. The van der Waals surface area contributed by atoms with Gasteiger partial charge in [-0.3, -0.25) is 14.2 Å². The van der Waals surface area contributed by atoms with E-state index in [1.165, 1.54) is 16.3 Å². The molecule has 0 fully saturated rings. The summed E-state index contributed by atoms with van der Waals surface area (Å²) in [7, 11) is 1.54. The Hall–Kier alpha value is -3.29. The summed E-state index contributed by atoms with van der Waals surface area (Å²) in [6.45, 7) is 0. The van der Waals surface area contributed by atoms with Crippen LogP contribution in [0.25, 0.3) is 16.6 Å². The van der Waals surface area contributed by atoms with E-state index in [0.29, 0.717) is 38.2 Å². The van der Waals surface area contributed by atoms with Gasteiger partial charge in [0, 0.05) is 5.02 Å². The fraction of sp³-hybridized carbons (Fsp3) is 0.0870. The molecule has 0 saturated heterocycles. The Bertz CT molecular complexity index is 1320. The quantitative estimate of drug-likeness (QED) is 0.337. The predicted octanol–water partition coefficient (Wildman–Crippen LogP) is 4.78. The lowest BCUT2D eigenvalue weighted by Crippen LogP contribution is -2.23. The zero-order valence-electron chi connectivity index (χ0n) is 16.5. The normalized spacial score (nSPS) is 10.8. The van der Waals surface area contributed by atoms with Crippen molar-refractivity contribution in [3.8, 4) is 11.4 Å². The number of fused-ring (bicyclic) bond motifs is 1. The number of carbonyl (C=O) groups excluding carboxylic acids is 1. The fourth-order valence-corrected chi connectivity index (χ4v) is 4.11. The van der Waals surface area contributed by atoms with Gasteiger partial charge in [0.25, 0.3) is 5.56 Å². The van der Waals surface area contributed by atoms with Crippen molar-refractivity contribution in [3.05, 3.63) is 88.2 Å². The van der Waals surface area contributed by atoms with Crippen LogP contribution in [0.2, 0.25) is 5.02 Å². The van der Waals surface area contributed by atoms with E-state index in [0.717, 1.165) is 0 Å². The fourth-order valence-electron chi connectivity index (χ4n) is 3.12. The maximum absolute atomic E-state index is 13.2. The maximum atomic E-state index is 13.2. The molecule has 0 unspecified atom stereocenters. The first kappa shape index (κ1) is 21.0. The van der Waals surface area contributed by atoms with Crippen LogP contribution in [-0.4, -0.2) is 28.3 Å². The lowest BCUT2D eigenvalue weighted by atomic mass is 10.2. The average Bonchev–Trinajstić information content (AvgIpc) is 2.78. The van der Waals surface area contributed by atoms with Crippen LogP contribution in [0.1, 0.15) is 0 Å². The standard InChI is InChI=1S/C23H18ClN3O3S/c1-30-20-12-5-4-11-19(20)25-21(28)14-31-23-26-18-10-3-2-9-17(18)22(29)27(23)16-8-6-7-15(24)13-16/h2-13H,14H2,1H3,(H,25,28). The molecule has 0 aliphatic heterocycles. The number of rotatable bonds is 6. The molecular formula is C23H18ClN3O3S. The Labute approximate surface area is 187 Å². The molecule has 1 amide bonds. The van der Waals surface area contributed by atoms with E-state index < -0.39 is 0 Å². The lowest BCUT2D eigenvalue weighted by molar-refractivity contribution is -0.113. The molecule has 3 aromatic carbocycles. The van der Waals surface area contributed by atoms with Crippen molar-refractivity contribution in [1.29, 1.82) is 0 Å². The van der Waals surface area contributed by atoms with E-state index in [-0.39, 0.29) is 17.2 Å². The molecule has 0 atom stereocenters. The van der Waals surface area contributed by atoms with Crippen LogP contribution in [0.15, 0.2) is 82.7 Å². The van der Waals surface area contributed by atoms with E-state index >= 15 is 0 Å². The highest BCUT2D eigenvalue weighted by Crippen LogP contribution is 2.25. The molecule has 6 nitrogen and oxygen atoms in total. The molecule has 0 aliphatic rings. The third kappa shape index (κ3) is 4.57. The van der Waals surface area contributed by atoms with E-state index in [2.05, 4.69) is 10.3 Å². The molecule has 0 saturated carbocycles. The number of amides is 1. The van der Waals surface area contributed by atoms with Crippen molar-refractivity contribution >= 4 is 45.9 Å². The first-order valence-corrected chi connectivity index (χ1v) is 10.8. The molecular weight excluding hydrogens is 434 g/mol. The minimum atomic E-state index is -0.241. The predicted molar refractivity (Wildman–Crippen MR) is 125 cm³/mol. The number of hydrogen-bond acceptors (Lipinski definition) is 5. The van der Waals surface area contributed by atoms with Gasteiger partial charge in [-0.15, -0.1) is 0 Å². The van der Waals surface area contributed by atoms with E-state index in [9.17, 15) is 9.59 Å². The SMILES string of the molecule is COc1ccccc1NC(=O)CSc1nc2ccccc2c(=O)n1-c1cccc(Cl)c1. The van der Waals surface area contributed by atoms with Gasteiger partial charge in [0.2, 0.25) is 5.91 Å².